The SMILES string of the molecule is CC(Br)CCC1CC2CCCCC2O1. The summed E-state index contributed by atoms with van der Waals surface area (Å²) in [6, 6.07) is 0. The van der Waals surface area contributed by atoms with Gasteiger partial charge in [0.05, 0.1) is 12.2 Å². The lowest BCUT2D eigenvalue weighted by Gasteiger charge is -2.23. The molecule has 2 aliphatic rings. The molecular weight excluding hydrogens is 240 g/mol. The van der Waals surface area contributed by atoms with Crippen LogP contribution < -0.4 is 0 Å². The van der Waals surface area contributed by atoms with E-state index in [4.69, 9.17) is 4.74 Å². The zero-order valence-corrected chi connectivity index (χ0v) is 10.6. The van der Waals surface area contributed by atoms with Crippen LogP contribution in [0.3, 0.4) is 0 Å². The molecule has 0 aromatic rings. The highest BCUT2D eigenvalue weighted by Crippen LogP contribution is 2.38. The first-order chi connectivity index (χ1) is 6.75. The predicted octanol–water partition coefficient (Wildman–Crippen LogP) is 3.90. The monoisotopic (exact) mass is 260 g/mol. The van der Waals surface area contributed by atoms with Crippen LogP contribution in [-0.2, 0) is 4.74 Å². The summed E-state index contributed by atoms with van der Waals surface area (Å²) in [6.07, 6.45) is 10.6. The van der Waals surface area contributed by atoms with E-state index in [0.717, 1.165) is 5.92 Å². The third-order valence-corrected chi connectivity index (χ3v) is 4.12. The van der Waals surface area contributed by atoms with Gasteiger partial charge in [0.15, 0.2) is 0 Å². The number of fused-ring (bicyclic) bond motifs is 1. The summed E-state index contributed by atoms with van der Waals surface area (Å²) in [5.41, 5.74) is 0. The molecule has 82 valence electrons. The Kier molecular flexibility index (Phi) is 3.89. The van der Waals surface area contributed by atoms with Gasteiger partial charge in [-0.2, -0.15) is 0 Å². The Morgan fingerprint density at radius 2 is 2.14 bits per heavy atom. The third kappa shape index (κ3) is 2.73. The van der Waals surface area contributed by atoms with E-state index in [1.807, 2.05) is 0 Å². The van der Waals surface area contributed by atoms with Crippen molar-refractivity contribution in [2.75, 3.05) is 0 Å². The lowest BCUT2D eigenvalue weighted by atomic mass is 9.85. The minimum atomic E-state index is 0.572. The molecule has 0 aromatic carbocycles. The van der Waals surface area contributed by atoms with Crippen molar-refractivity contribution >= 4 is 15.9 Å². The van der Waals surface area contributed by atoms with Crippen molar-refractivity contribution in [1.29, 1.82) is 0 Å². The van der Waals surface area contributed by atoms with E-state index in [1.165, 1.54) is 44.9 Å². The maximum atomic E-state index is 6.09. The Balaban J connectivity index is 1.75. The summed E-state index contributed by atoms with van der Waals surface area (Å²) in [5.74, 6) is 0.902. The van der Waals surface area contributed by atoms with E-state index in [0.29, 0.717) is 17.0 Å². The van der Waals surface area contributed by atoms with Gasteiger partial charge in [-0.15, -0.1) is 0 Å². The molecule has 14 heavy (non-hydrogen) atoms. The van der Waals surface area contributed by atoms with Crippen LogP contribution in [0.1, 0.15) is 51.9 Å². The van der Waals surface area contributed by atoms with E-state index >= 15 is 0 Å². The lowest BCUT2D eigenvalue weighted by molar-refractivity contribution is 0.0151. The van der Waals surface area contributed by atoms with Crippen LogP contribution in [0.4, 0.5) is 0 Å². The van der Waals surface area contributed by atoms with E-state index in [1.54, 1.807) is 0 Å². The molecule has 2 fully saturated rings. The Bertz CT molecular complexity index is 167. The molecule has 4 unspecified atom stereocenters. The smallest absolute Gasteiger partial charge is 0.0608 e. The molecule has 1 aliphatic heterocycles. The van der Waals surface area contributed by atoms with E-state index in [-0.39, 0.29) is 0 Å². The third-order valence-electron chi connectivity index (χ3n) is 3.66. The molecule has 1 nitrogen and oxygen atoms in total. The number of alkyl halides is 1. The summed E-state index contributed by atoms with van der Waals surface area (Å²) in [6.45, 7) is 2.22. The van der Waals surface area contributed by atoms with E-state index in [2.05, 4.69) is 22.9 Å². The van der Waals surface area contributed by atoms with Crippen molar-refractivity contribution in [3.8, 4) is 0 Å². The molecule has 1 aliphatic carbocycles. The van der Waals surface area contributed by atoms with Crippen LogP contribution in [0.2, 0.25) is 0 Å². The normalized spacial score (nSPS) is 39.4. The maximum Gasteiger partial charge on any atom is 0.0608 e. The average Bonchev–Trinajstić information content (AvgIpc) is 2.57. The summed E-state index contributed by atoms with van der Waals surface area (Å²) in [7, 11) is 0. The lowest BCUT2D eigenvalue weighted by Crippen LogP contribution is -2.20. The highest BCUT2D eigenvalue weighted by molar-refractivity contribution is 9.09. The van der Waals surface area contributed by atoms with Gasteiger partial charge in [-0.3, -0.25) is 0 Å². The molecule has 2 heteroatoms. The first-order valence-corrected chi connectivity index (χ1v) is 6.97. The van der Waals surface area contributed by atoms with Gasteiger partial charge in [0.25, 0.3) is 0 Å². The van der Waals surface area contributed by atoms with Gasteiger partial charge in [-0.05, 0) is 38.0 Å². The van der Waals surface area contributed by atoms with Crippen molar-refractivity contribution in [2.45, 2.75) is 68.9 Å². The fourth-order valence-corrected chi connectivity index (χ4v) is 3.13. The first-order valence-electron chi connectivity index (χ1n) is 6.05. The minimum Gasteiger partial charge on any atom is -0.375 e. The maximum absolute atomic E-state index is 6.09. The molecule has 1 heterocycles. The van der Waals surface area contributed by atoms with Gasteiger partial charge in [0.2, 0.25) is 0 Å². The van der Waals surface area contributed by atoms with Crippen molar-refractivity contribution in [3.05, 3.63) is 0 Å². The van der Waals surface area contributed by atoms with Crippen LogP contribution in [0.15, 0.2) is 0 Å². The van der Waals surface area contributed by atoms with Gasteiger partial charge in [-0.1, -0.05) is 35.7 Å². The molecule has 0 radical (unpaired) electrons. The number of hydrogen-bond donors (Lipinski definition) is 0. The average molecular weight is 261 g/mol. The molecule has 0 bridgehead atoms. The Morgan fingerprint density at radius 3 is 2.86 bits per heavy atom. The zero-order chi connectivity index (χ0) is 9.97. The number of ether oxygens (including phenoxy) is 1. The van der Waals surface area contributed by atoms with Crippen LogP contribution in [0.5, 0.6) is 0 Å². The molecule has 1 saturated carbocycles. The molecule has 4 atom stereocenters. The first kappa shape index (κ1) is 10.9. The molecule has 1 saturated heterocycles. The molecule has 0 spiro atoms. The summed E-state index contributed by atoms with van der Waals surface area (Å²) in [4.78, 5) is 0.647. The highest BCUT2D eigenvalue weighted by Gasteiger charge is 2.36. The Labute approximate surface area is 95.7 Å². The van der Waals surface area contributed by atoms with Crippen LogP contribution in [0.25, 0.3) is 0 Å². The second-order valence-electron chi connectivity index (χ2n) is 4.93. The number of hydrogen-bond acceptors (Lipinski definition) is 1. The molecule has 2 rings (SSSR count). The topological polar surface area (TPSA) is 9.23 Å². The number of rotatable bonds is 3. The minimum absolute atomic E-state index is 0.572. The summed E-state index contributed by atoms with van der Waals surface area (Å²) in [5, 5.41) is 0. The van der Waals surface area contributed by atoms with Gasteiger partial charge < -0.3 is 4.74 Å². The molecule has 0 N–H and O–H groups in total. The van der Waals surface area contributed by atoms with Gasteiger partial charge in [0, 0.05) is 4.83 Å². The highest BCUT2D eigenvalue weighted by atomic mass is 79.9. The van der Waals surface area contributed by atoms with Crippen molar-refractivity contribution in [3.63, 3.8) is 0 Å². The largest absolute Gasteiger partial charge is 0.375 e. The van der Waals surface area contributed by atoms with Crippen molar-refractivity contribution < 1.29 is 4.74 Å². The second-order valence-corrected chi connectivity index (χ2v) is 6.50. The standard InChI is InChI=1S/C12H21BrO/c1-9(13)6-7-11-8-10-4-2-3-5-12(10)14-11/h9-12H,2-8H2,1H3. The Hall–Kier alpha value is 0.440. The predicted molar refractivity (Wildman–Crippen MR) is 62.9 cm³/mol. The van der Waals surface area contributed by atoms with E-state index < -0.39 is 0 Å². The molecule has 0 amide bonds. The summed E-state index contributed by atoms with van der Waals surface area (Å²) >= 11 is 3.60. The molecule has 0 aromatic heterocycles. The van der Waals surface area contributed by atoms with Crippen molar-refractivity contribution in [2.24, 2.45) is 5.92 Å². The quantitative estimate of drug-likeness (QED) is 0.700. The zero-order valence-electron chi connectivity index (χ0n) is 9.05. The van der Waals surface area contributed by atoms with Crippen LogP contribution >= 0.6 is 15.9 Å². The van der Waals surface area contributed by atoms with E-state index in [9.17, 15) is 0 Å². The fraction of sp³-hybridized carbons (Fsp3) is 1.00. The Morgan fingerprint density at radius 1 is 1.36 bits per heavy atom. The van der Waals surface area contributed by atoms with Gasteiger partial charge >= 0.3 is 0 Å². The second kappa shape index (κ2) is 4.98. The fourth-order valence-electron chi connectivity index (χ4n) is 2.86. The summed E-state index contributed by atoms with van der Waals surface area (Å²) < 4.78 is 6.09. The van der Waals surface area contributed by atoms with Gasteiger partial charge in [-0.25, -0.2) is 0 Å². The molecular formula is C12H21BrO. The number of halogens is 1. The van der Waals surface area contributed by atoms with Crippen LogP contribution in [-0.4, -0.2) is 17.0 Å². The van der Waals surface area contributed by atoms with Crippen molar-refractivity contribution in [1.82, 2.24) is 0 Å². The van der Waals surface area contributed by atoms with Gasteiger partial charge in [0.1, 0.15) is 0 Å². The van der Waals surface area contributed by atoms with Crippen LogP contribution in [0, 0.1) is 5.92 Å².